The molecule has 0 radical (unpaired) electrons. The number of nitrogens with one attached hydrogen (secondary N) is 1. The lowest BCUT2D eigenvalue weighted by atomic mass is 10.0. The van der Waals surface area contributed by atoms with Gasteiger partial charge in [-0.1, -0.05) is 250 Å². The van der Waals surface area contributed by atoms with Gasteiger partial charge >= 0.3 is 7.82 Å². The van der Waals surface area contributed by atoms with Crippen LogP contribution in [0.4, 0.5) is 0 Å². The number of hydrogen-bond acceptors (Lipinski definition) is 5. The van der Waals surface area contributed by atoms with Crippen molar-refractivity contribution in [2.75, 3.05) is 40.9 Å². The number of aliphatic hydroxyl groups is 1. The van der Waals surface area contributed by atoms with Crippen LogP contribution < -0.4 is 5.32 Å². The first kappa shape index (κ1) is 64.0. The number of carbonyl (C=O) groups is 1. The second-order valence-electron chi connectivity index (χ2n) is 20.7. The molecule has 0 saturated heterocycles. The van der Waals surface area contributed by atoms with Gasteiger partial charge in [-0.2, -0.15) is 0 Å². The highest BCUT2D eigenvalue weighted by Gasteiger charge is 2.28. The van der Waals surface area contributed by atoms with Crippen molar-refractivity contribution in [2.45, 2.75) is 289 Å². The normalized spacial score (nSPS) is 14.1. The predicted molar refractivity (Wildman–Crippen MR) is 281 cm³/mol. The number of unbranched alkanes of at least 4 members (excludes halogenated alkanes) is 35. The lowest BCUT2D eigenvalue weighted by Gasteiger charge is -2.26. The number of allylic oxidation sites excluding steroid dienone is 4. The van der Waals surface area contributed by atoms with Gasteiger partial charge in [0, 0.05) is 6.42 Å². The Morgan fingerprint density at radius 2 is 0.877 bits per heavy atom. The standard InChI is InChI=1S/C56H111N2O6P/c1-6-8-10-12-14-16-18-20-22-24-25-26-27-28-29-30-31-32-33-34-36-38-40-42-44-46-48-50-56(60)57-54(53-64-65(61,62)63-52-51-58(3,4)5)55(59)49-47-45-43-41-39-37-35-23-21-19-17-15-13-11-9-7-2/h18,20,24-25,54-55,59H,6-17,19,21-23,26-53H2,1-5H3,(H-,57,60,61,62)/p+1/b20-18-,25-24-. The van der Waals surface area contributed by atoms with E-state index < -0.39 is 20.0 Å². The largest absolute Gasteiger partial charge is 0.472 e. The van der Waals surface area contributed by atoms with E-state index in [-0.39, 0.29) is 19.1 Å². The maximum Gasteiger partial charge on any atom is 0.472 e. The van der Waals surface area contributed by atoms with Gasteiger partial charge in [-0.15, -0.1) is 0 Å². The van der Waals surface area contributed by atoms with Crippen LogP contribution in [0.5, 0.6) is 0 Å². The Labute approximate surface area is 404 Å². The fourth-order valence-corrected chi connectivity index (χ4v) is 9.23. The fourth-order valence-electron chi connectivity index (χ4n) is 8.49. The molecular weight excluding hydrogens is 828 g/mol. The van der Waals surface area contributed by atoms with Crippen LogP contribution in [0, 0.1) is 0 Å². The van der Waals surface area contributed by atoms with Gasteiger partial charge in [-0.3, -0.25) is 13.8 Å². The molecule has 0 aromatic rings. The molecule has 0 aromatic heterocycles. The molecule has 0 aliphatic carbocycles. The van der Waals surface area contributed by atoms with Crippen molar-refractivity contribution in [2.24, 2.45) is 0 Å². The first-order valence-corrected chi connectivity index (χ1v) is 29.7. The zero-order valence-electron chi connectivity index (χ0n) is 44.0. The Morgan fingerprint density at radius 1 is 0.523 bits per heavy atom. The van der Waals surface area contributed by atoms with Crippen LogP contribution in [-0.4, -0.2) is 73.4 Å². The minimum atomic E-state index is -4.32. The molecule has 0 aromatic carbocycles. The number of likely N-dealkylation sites (N-methyl/N-ethyl adjacent to an activating group) is 1. The number of amides is 1. The summed E-state index contributed by atoms with van der Waals surface area (Å²) >= 11 is 0. The summed E-state index contributed by atoms with van der Waals surface area (Å²) in [6, 6.07) is -0.758. The topological polar surface area (TPSA) is 105 Å². The molecule has 9 heteroatoms. The third-order valence-electron chi connectivity index (χ3n) is 13.0. The summed E-state index contributed by atoms with van der Waals surface area (Å²) in [4.78, 5) is 23.3. The lowest BCUT2D eigenvalue weighted by Crippen LogP contribution is -2.46. The van der Waals surface area contributed by atoms with Gasteiger partial charge in [-0.25, -0.2) is 4.57 Å². The molecule has 0 aliphatic rings. The van der Waals surface area contributed by atoms with E-state index in [0.717, 1.165) is 44.9 Å². The third-order valence-corrected chi connectivity index (χ3v) is 13.9. The SMILES string of the molecule is CCCCCCC/C=C\C/C=C\CCCCCCCCCCCCCCCCCC(=O)NC(COP(=O)(O)OCC[N+](C)(C)C)C(O)CCCCCCCCCCCCCCCCCC. The smallest absolute Gasteiger partial charge is 0.391 e. The van der Waals surface area contributed by atoms with Crippen molar-refractivity contribution in [3.8, 4) is 0 Å². The summed E-state index contributed by atoms with van der Waals surface area (Å²) in [6.07, 6.45) is 59.4. The van der Waals surface area contributed by atoms with Crippen LogP contribution in [0.2, 0.25) is 0 Å². The van der Waals surface area contributed by atoms with E-state index in [4.69, 9.17) is 9.05 Å². The summed E-state index contributed by atoms with van der Waals surface area (Å²) in [7, 11) is 1.63. The summed E-state index contributed by atoms with van der Waals surface area (Å²) in [5.74, 6) is -0.141. The Bertz CT molecular complexity index is 1110. The van der Waals surface area contributed by atoms with Crippen LogP contribution >= 0.6 is 7.82 Å². The van der Waals surface area contributed by atoms with Gasteiger partial charge in [0.15, 0.2) is 0 Å². The van der Waals surface area contributed by atoms with E-state index in [1.165, 1.54) is 205 Å². The number of quaternary nitrogens is 1. The van der Waals surface area contributed by atoms with Gasteiger partial charge in [0.05, 0.1) is 39.9 Å². The monoisotopic (exact) mass is 940 g/mol. The van der Waals surface area contributed by atoms with E-state index >= 15 is 0 Å². The molecule has 0 rings (SSSR count). The average Bonchev–Trinajstić information content (AvgIpc) is 3.26. The molecule has 0 heterocycles. The first-order chi connectivity index (χ1) is 31.5. The molecule has 3 N–H and O–H groups in total. The van der Waals surface area contributed by atoms with Gasteiger partial charge in [0.2, 0.25) is 5.91 Å². The zero-order valence-corrected chi connectivity index (χ0v) is 44.9. The van der Waals surface area contributed by atoms with Crippen LogP contribution in [0.1, 0.15) is 277 Å². The Hall–Kier alpha value is -1.02. The van der Waals surface area contributed by atoms with Crippen LogP contribution in [-0.2, 0) is 18.4 Å². The summed E-state index contributed by atoms with van der Waals surface area (Å²) in [6.45, 7) is 4.91. The minimum absolute atomic E-state index is 0.0765. The van der Waals surface area contributed by atoms with E-state index in [0.29, 0.717) is 23.9 Å². The highest BCUT2D eigenvalue weighted by molar-refractivity contribution is 7.47. The number of hydrogen-bond donors (Lipinski definition) is 3. The molecule has 1 amide bonds. The van der Waals surface area contributed by atoms with E-state index in [2.05, 4.69) is 43.5 Å². The van der Waals surface area contributed by atoms with Gasteiger partial charge < -0.3 is 19.8 Å². The zero-order chi connectivity index (χ0) is 47.8. The maximum atomic E-state index is 13.0. The molecule has 65 heavy (non-hydrogen) atoms. The average molecular weight is 940 g/mol. The van der Waals surface area contributed by atoms with Gasteiger partial charge in [-0.05, 0) is 44.9 Å². The van der Waals surface area contributed by atoms with E-state index in [9.17, 15) is 19.4 Å². The number of rotatable bonds is 52. The molecule has 3 atom stereocenters. The fraction of sp³-hybridized carbons (Fsp3) is 0.911. The Morgan fingerprint density at radius 3 is 1.26 bits per heavy atom. The van der Waals surface area contributed by atoms with Crippen molar-refractivity contribution in [3.05, 3.63) is 24.3 Å². The molecule has 0 bridgehead atoms. The van der Waals surface area contributed by atoms with Crippen molar-refractivity contribution in [3.63, 3.8) is 0 Å². The number of nitrogens with zero attached hydrogens (tertiary/aromatic N) is 1. The predicted octanol–water partition coefficient (Wildman–Crippen LogP) is 16.8. The second-order valence-corrected chi connectivity index (χ2v) is 22.1. The van der Waals surface area contributed by atoms with Gasteiger partial charge in [0.1, 0.15) is 13.2 Å². The quantitative estimate of drug-likeness (QED) is 0.0243. The Balaban J connectivity index is 4.11. The summed E-state index contributed by atoms with van der Waals surface area (Å²) in [5, 5.41) is 14.0. The second kappa shape index (κ2) is 48.0. The van der Waals surface area contributed by atoms with Crippen LogP contribution in [0.25, 0.3) is 0 Å². The maximum absolute atomic E-state index is 13.0. The summed E-state index contributed by atoms with van der Waals surface area (Å²) in [5.41, 5.74) is 0. The van der Waals surface area contributed by atoms with Crippen molar-refractivity contribution in [1.29, 1.82) is 0 Å². The number of phosphoric acid groups is 1. The highest BCUT2D eigenvalue weighted by atomic mass is 31.2. The highest BCUT2D eigenvalue weighted by Crippen LogP contribution is 2.43. The van der Waals surface area contributed by atoms with Crippen LogP contribution in [0.3, 0.4) is 0 Å². The molecule has 0 spiro atoms. The number of aliphatic hydroxyl groups excluding tert-OH is 1. The van der Waals surface area contributed by atoms with Crippen molar-refractivity contribution < 1.29 is 32.9 Å². The number of phosphoric ester groups is 1. The van der Waals surface area contributed by atoms with Gasteiger partial charge in [0.25, 0.3) is 0 Å². The lowest BCUT2D eigenvalue weighted by molar-refractivity contribution is -0.870. The molecule has 386 valence electrons. The van der Waals surface area contributed by atoms with E-state index in [1.807, 2.05) is 21.1 Å². The molecule has 0 fully saturated rings. The minimum Gasteiger partial charge on any atom is -0.391 e. The Kier molecular flexibility index (Phi) is 47.3. The van der Waals surface area contributed by atoms with E-state index in [1.54, 1.807) is 0 Å². The van der Waals surface area contributed by atoms with Crippen LogP contribution in [0.15, 0.2) is 24.3 Å². The molecule has 3 unspecified atom stereocenters. The molecular formula is C56H112N2O6P+. The summed E-state index contributed by atoms with van der Waals surface area (Å²) < 4.78 is 23.8. The molecule has 0 saturated carbocycles. The number of carbonyl (C=O) groups excluding carboxylic acids is 1. The van der Waals surface area contributed by atoms with Crippen molar-refractivity contribution >= 4 is 13.7 Å². The molecule has 8 nitrogen and oxygen atoms in total. The first-order valence-electron chi connectivity index (χ1n) is 28.2. The molecule has 0 aliphatic heterocycles. The third kappa shape index (κ3) is 50.7. The van der Waals surface area contributed by atoms with Crippen molar-refractivity contribution in [1.82, 2.24) is 5.32 Å².